The Kier molecular flexibility index (Phi) is 5.07. The Labute approximate surface area is 86.4 Å². The maximum Gasteiger partial charge on any atom is 0.410 e. The third kappa shape index (κ3) is 5.47. The zero-order valence-electron chi connectivity index (χ0n) is 9.46. The number of rotatable bonds is 3. The average Bonchev–Trinajstić information content (AvgIpc) is 2.02. The molecule has 0 saturated carbocycles. The van der Waals surface area contributed by atoms with Crippen LogP contribution in [0.4, 0.5) is 4.79 Å². The predicted molar refractivity (Wildman–Crippen MR) is 56.9 cm³/mol. The summed E-state index contributed by atoms with van der Waals surface area (Å²) in [6.07, 6.45) is 5.40. The Morgan fingerprint density at radius 1 is 1.50 bits per heavy atom. The van der Waals surface area contributed by atoms with Crippen LogP contribution in [-0.2, 0) is 4.74 Å². The zero-order chi connectivity index (χ0) is 11.2. The minimum Gasteiger partial charge on any atom is -0.444 e. The van der Waals surface area contributed by atoms with Crippen molar-refractivity contribution in [3.8, 4) is 12.3 Å². The molecule has 80 valence electrons. The molecule has 0 aromatic carbocycles. The van der Waals surface area contributed by atoms with E-state index in [4.69, 9.17) is 11.2 Å². The standard InChI is InChI=1S/C11H19NO2/c1-6-8-9-12(7-2)10(13)14-11(3,4)5/h1H,7-9H2,2-5H3. The summed E-state index contributed by atoms with van der Waals surface area (Å²) in [4.78, 5) is 13.1. The van der Waals surface area contributed by atoms with E-state index in [-0.39, 0.29) is 6.09 Å². The van der Waals surface area contributed by atoms with E-state index in [1.807, 2.05) is 27.7 Å². The summed E-state index contributed by atoms with van der Waals surface area (Å²) >= 11 is 0. The molecule has 0 aromatic heterocycles. The molecule has 0 unspecified atom stereocenters. The molecule has 0 saturated heterocycles. The molecule has 0 aromatic rings. The molecule has 0 bridgehead atoms. The molecule has 3 nitrogen and oxygen atoms in total. The highest BCUT2D eigenvalue weighted by Crippen LogP contribution is 2.09. The number of hydrogen-bond donors (Lipinski definition) is 0. The van der Waals surface area contributed by atoms with Gasteiger partial charge in [0, 0.05) is 19.5 Å². The molecular weight excluding hydrogens is 178 g/mol. The fourth-order valence-electron chi connectivity index (χ4n) is 0.904. The number of ether oxygens (including phenoxy) is 1. The van der Waals surface area contributed by atoms with Crippen molar-refractivity contribution in [1.29, 1.82) is 0 Å². The van der Waals surface area contributed by atoms with Gasteiger partial charge in [-0.15, -0.1) is 12.3 Å². The van der Waals surface area contributed by atoms with E-state index < -0.39 is 5.60 Å². The molecule has 14 heavy (non-hydrogen) atoms. The van der Waals surface area contributed by atoms with E-state index in [1.165, 1.54) is 0 Å². The summed E-state index contributed by atoms with van der Waals surface area (Å²) in [6.45, 7) is 8.62. The molecule has 3 heteroatoms. The van der Waals surface area contributed by atoms with Gasteiger partial charge in [-0.05, 0) is 27.7 Å². The van der Waals surface area contributed by atoms with Gasteiger partial charge in [0.25, 0.3) is 0 Å². The first kappa shape index (κ1) is 12.8. The maximum absolute atomic E-state index is 11.5. The maximum atomic E-state index is 11.5. The van der Waals surface area contributed by atoms with Crippen molar-refractivity contribution in [2.75, 3.05) is 13.1 Å². The van der Waals surface area contributed by atoms with Crippen LogP contribution in [-0.4, -0.2) is 29.7 Å². The summed E-state index contributed by atoms with van der Waals surface area (Å²) in [5, 5.41) is 0. The van der Waals surface area contributed by atoms with Crippen molar-refractivity contribution in [2.24, 2.45) is 0 Å². The molecule has 0 atom stereocenters. The number of amides is 1. The van der Waals surface area contributed by atoms with Gasteiger partial charge in [-0.1, -0.05) is 0 Å². The van der Waals surface area contributed by atoms with Gasteiger partial charge in [-0.3, -0.25) is 0 Å². The van der Waals surface area contributed by atoms with Gasteiger partial charge in [0.2, 0.25) is 0 Å². The topological polar surface area (TPSA) is 29.5 Å². The van der Waals surface area contributed by atoms with Crippen molar-refractivity contribution in [3.05, 3.63) is 0 Å². The van der Waals surface area contributed by atoms with Gasteiger partial charge in [0.05, 0.1) is 0 Å². The van der Waals surface area contributed by atoms with Crippen LogP contribution in [0.25, 0.3) is 0 Å². The van der Waals surface area contributed by atoms with Crippen LogP contribution >= 0.6 is 0 Å². The van der Waals surface area contributed by atoms with Crippen LogP contribution in [0.3, 0.4) is 0 Å². The highest BCUT2D eigenvalue weighted by Gasteiger charge is 2.20. The summed E-state index contributed by atoms with van der Waals surface area (Å²) < 4.78 is 5.21. The smallest absolute Gasteiger partial charge is 0.410 e. The molecule has 0 rings (SSSR count). The molecule has 0 radical (unpaired) electrons. The minimum atomic E-state index is -0.444. The van der Waals surface area contributed by atoms with Gasteiger partial charge < -0.3 is 9.64 Å². The lowest BCUT2D eigenvalue weighted by atomic mass is 10.2. The second-order valence-electron chi connectivity index (χ2n) is 4.01. The SMILES string of the molecule is C#CCCN(CC)C(=O)OC(C)(C)C. The average molecular weight is 197 g/mol. The number of nitrogens with zero attached hydrogens (tertiary/aromatic N) is 1. The molecule has 0 heterocycles. The van der Waals surface area contributed by atoms with Crippen LogP contribution in [0.1, 0.15) is 34.1 Å². The molecule has 0 aliphatic rings. The second-order valence-corrected chi connectivity index (χ2v) is 4.01. The monoisotopic (exact) mass is 197 g/mol. The van der Waals surface area contributed by atoms with Gasteiger partial charge >= 0.3 is 6.09 Å². The molecule has 0 spiro atoms. The molecular formula is C11H19NO2. The highest BCUT2D eigenvalue weighted by atomic mass is 16.6. The Morgan fingerprint density at radius 3 is 2.43 bits per heavy atom. The highest BCUT2D eigenvalue weighted by molar-refractivity contribution is 5.68. The number of carbonyl (C=O) groups is 1. The Bertz CT molecular complexity index is 222. The number of hydrogen-bond acceptors (Lipinski definition) is 2. The number of terminal acetylenes is 1. The summed E-state index contributed by atoms with van der Waals surface area (Å²) in [5.41, 5.74) is -0.444. The quantitative estimate of drug-likeness (QED) is 0.649. The van der Waals surface area contributed by atoms with E-state index in [2.05, 4.69) is 5.92 Å². The summed E-state index contributed by atoms with van der Waals surface area (Å²) in [7, 11) is 0. The molecule has 0 aliphatic carbocycles. The second kappa shape index (κ2) is 5.54. The lowest BCUT2D eigenvalue weighted by molar-refractivity contribution is 0.0264. The van der Waals surface area contributed by atoms with E-state index in [1.54, 1.807) is 4.90 Å². The molecule has 1 amide bonds. The van der Waals surface area contributed by atoms with Crippen LogP contribution in [0.2, 0.25) is 0 Å². The van der Waals surface area contributed by atoms with Crippen LogP contribution in [0, 0.1) is 12.3 Å². The molecule has 0 aliphatic heterocycles. The first-order valence-electron chi connectivity index (χ1n) is 4.82. The van der Waals surface area contributed by atoms with Crippen LogP contribution < -0.4 is 0 Å². The molecule has 0 N–H and O–H groups in total. The molecule has 0 fully saturated rings. The van der Waals surface area contributed by atoms with Crippen molar-refractivity contribution >= 4 is 6.09 Å². The Morgan fingerprint density at radius 2 is 2.07 bits per heavy atom. The van der Waals surface area contributed by atoms with Crippen LogP contribution in [0.5, 0.6) is 0 Å². The van der Waals surface area contributed by atoms with Crippen molar-refractivity contribution in [3.63, 3.8) is 0 Å². The lowest BCUT2D eigenvalue weighted by Gasteiger charge is -2.25. The fourth-order valence-corrected chi connectivity index (χ4v) is 0.904. The van der Waals surface area contributed by atoms with Crippen LogP contribution in [0.15, 0.2) is 0 Å². The van der Waals surface area contributed by atoms with E-state index in [0.29, 0.717) is 19.5 Å². The first-order valence-corrected chi connectivity index (χ1v) is 4.82. The van der Waals surface area contributed by atoms with Gasteiger partial charge in [0.15, 0.2) is 0 Å². The fraction of sp³-hybridized carbons (Fsp3) is 0.727. The van der Waals surface area contributed by atoms with Crippen molar-refractivity contribution in [2.45, 2.75) is 39.7 Å². The van der Waals surface area contributed by atoms with E-state index in [0.717, 1.165) is 0 Å². The zero-order valence-corrected chi connectivity index (χ0v) is 9.46. The largest absolute Gasteiger partial charge is 0.444 e. The third-order valence-electron chi connectivity index (χ3n) is 1.56. The van der Waals surface area contributed by atoms with E-state index in [9.17, 15) is 4.79 Å². The Hall–Kier alpha value is -1.17. The van der Waals surface area contributed by atoms with Gasteiger partial charge in [-0.25, -0.2) is 4.79 Å². The normalized spacial score (nSPS) is 10.5. The van der Waals surface area contributed by atoms with Crippen molar-refractivity contribution in [1.82, 2.24) is 4.90 Å². The first-order chi connectivity index (χ1) is 6.40. The summed E-state index contributed by atoms with van der Waals surface area (Å²) in [5.74, 6) is 2.50. The summed E-state index contributed by atoms with van der Waals surface area (Å²) in [6, 6.07) is 0. The lowest BCUT2D eigenvalue weighted by Crippen LogP contribution is -2.37. The Balaban J connectivity index is 4.12. The number of carbonyl (C=O) groups excluding carboxylic acids is 1. The third-order valence-corrected chi connectivity index (χ3v) is 1.56. The minimum absolute atomic E-state index is 0.296. The van der Waals surface area contributed by atoms with Gasteiger partial charge in [0.1, 0.15) is 5.60 Å². The van der Waals surface area contributed by atoms with E-state index >= 15 is 0 Å². The van der Waals surface area contributed by atoms with Crippen molar-refractivity contribution < 1.29 is 9.53 Å². The predicted octanol–water partition coefficient (Wildman–Crippen LogP) is 2.27. The van der Waals surface area contributed by atoms with Gasteiger partial charge in [-0.2, -0.15) is 0 Å².